The molecule has 0 aliphatic rings. The summed E-state index contributed by atoms with van der Waals surface area (Å²) in [6.45, 7) is 5.43. The Labute approximate surface area is 116 Å². The van der Waals surface area contributed by atoms with Gasteiger partial charge in [-0.3, -0.25) is 0 Å². The quantitative estimate of drug-likeness (QED) is 0.291. The van der Waals surface area contributed by atoms with Gasteiger partial charge in [0.15, 0.2) is 16.8 Å². The van der Waals surface area contributed by atoms with Crippen LogP contribution in [0.2, 0.25) is 0 Å². The highest BCUT2D eigenvalue weighted by molar-refractivity contribution is 7.63. The zero-order chi connectivity index (χ0) is 15.0. The van der Waals surface area contributed by atoms with Gasteiger partial charge < -0.3 is 34.2 Å². The van der Waals surface area contributed by atoms with Gasteiger partial charge in [-0.05, 0) is 12.8 Å². The number of aliphatic hydroxyl groups excluding tert-OH is 2. The Balaban J connectivity index is 3.94. The molecule has 0 aromatic heterocycles. The third-order valence-electron chi connectivity index (χ3n) is 2.37. The molecule has 0 radical (unpaired) electrons. The Hall–Kier alpha value is 0.580. The predicted molar refractivity (Wildman–Crippen MR) is 73.6 cm³/mol. The van der Waals surface area contributed by atoms with Crippen LogP contribution in [0.1, 0.15) is 20.8 Å². The van der Waals surface area contributed by atoms with Crippen LogP contribution in [0.15, 0.2) is 0 Å². The van der Waals surface area contributed by atoms with E-state index in [2.05, 4.69) is 0 Å². The van der Waals surface area contributed by atoms with Crippen molar-refractivity contribution in [1.29, 1.82) is 0 Å². The van der Waals surface area contributed by atoms with E-state index in [4.69, 9.17) is 19.0 Å². The molecule has 0 fully saturated rings. The minimum Gasteiger partial charge on any atom is -0.391 e. The van der Waals surface area contributed by atoms with E-state index in [1.165, 1.54) is 6.92 Å². The van der Waals surface area contributed by atoms with Crippen LogP contribution in [0.3, 0.4) is 0 Å². The summed E-state index contributed by atoms with van der Waals surface area (Å²) in [6.07, 6.45) is -2.41. The summed E-state index contributed by atoms with van der Waals surface area (Å²) in [5, 5.41) is 19.1. The maximum Gasteiger partial charge on any atom is 0.177 e. The molecule has 7 nitrogen and oxygen atoms in total. The van der Waals surface area contributed by atoms with Gasteiger partial charge in [0.2, 0.25) is 0 Å². The van der Waals surface area contributed by atoms with E-state index in [1.54, 1.807) is 0 Å². The van der Waals surface area contributed by atoms with E-state index in [0.29, 0.717) is 0 Å². The Morgan fingerprint density at radius 2 is 1.58 bits per heavy atom. The molecular weight excluding hydrogens is 294 g/mol. The van der Waals surface area contributed by atoms with E-state index in [9.17, 15) is 15.1 Å². The van der Waals surface area contributed by atoms with Crippen molar-refractivity contribution in [3.8, 4) is 0 Å². The zero-order valence-corrected chi connectivity index (χ0v) is 13.2. The molecule has 116 valence electrons. The summed E-state index contributed by atoms with van der Waals surface area (Å²) in [7, 11) is -4.02. The van der Waals surface area contributed by atoms with Crippen molar-refractivity contribution in [2.45, 2.75) is 39.1 Å². The smallest absolute Gasteiger partial charge is 0.177 e. The van der Waals surface area contributed by atoms with Crippen LogP contribution in [-0.4, -0.2) is 62.3 Å². The summed E-state index contributed by atoms with van der Waals surface area (Å²) >= 11 is 0. The summed E-state index contributed by atoms with van der Waals surface area (Å²) in [5.41, 5.74) is 0. The number of hydrogen-bond donors (Lipinski definition) is 5. The van der Waals surface area contributed by atoms with Gasteiger partial charge in [0, 0.05) is 0 Å². The lowest BCUT2D eigenvalue weighted by molar-refractivity contribution is -0.106. The summed E-state index contributed by atoms with van der Waals surface area (Å²) in [4.78, 5) is 26.6. The second-order valence-corrected chi connectivity index (χ2v) is 7.35. The molecule has 0 aromatic carbocycles. The second-order valence-electron chi connectivity index (χ2n) is 4.51. The molecule has 0 aliphatic heterocycles. The first-order chi connectivity index (χ1) is 8.75. The van der Waals surface area contributed by atoms with Crippen molar-refractivity contribution in [2.75, 3.05) is 19.1 Å². The minimum atomic E-state index is -2.16. The molecule has 5 N–H and O–H groups in total. The third kappa shape index (κ3) is 9.19. The zero-order valence-electron chi connectivity index (χ0n) is 11.4. The van der Waals surface area contributed by atoms with Crippen molar-refractivity contribution >= 4 is 16.8 Å². The Kier molecular flexibility index (Phi) is 10.6. The van der Waals surface area contributed by atoms with Gasteiger partial charge in [-0.15, -0.1) is 0 Å². The first kappa shape index (κ1) is 19.6. The summed E-state index contributed by atoms with van der Waals surface area (Å²) < 4.78 is 10.4. The highest BCUT2D eigenvalue weighted by atomic mass is 31.2. The van der Waals surface area contributed by atoms with Gasteiger partial charge in [0.1, 0.15) is 6.10 Å². The van der Waals surface area contributed by atoms with Crippen LogP contribution in [0.4, 0.5) is 0 Å². The van der Waals surface area contributed by atoms with Crippen LogP contribution < -0.4 is 0 Å². The number of aliphatic hydroxyl groups is 2. The number of hydrogen-bond acceptors (Lipinski definition) is 7. The molecule has 3 unspecified atom stereocenters. The van der Waals surface area contributed by atoms with E-state index in [-0.39, 0.29) is 25.0 Å². The molecule has 0 amide bonds. The Bertz CT molecular complexity index is 228. The summed E-state index contributed by atoms with van der Waals surface area (Å²) in [6, 6.07) is 0. The second kappa shape index (κ2) is 10.3. The lowest BCUT2D eigenvalue weighted by Crippen LogP contribution is -2.41. The van der Waals surface area contributed by atoms with Crippen molar-refractivity contribution in [3.05, 3.63) is 0 Å². The van der Waals surface area contributed by atoms with Gasteiger partial charge >= 0.3 is 0 Å². The molecule has 0 saturated heterocycles. The molecule has 0 saturated carbocycles. The van der Waals surface area contributed by atoms with Crippen molar-refractivity contribution < 1.29 is 34.2 Å². The van der Waals surface area contributed by atoms with E-state index in [1.807, 2.05) is 13.8 Å². The highest BCUT2D eigenvalue weighted by Gasteiger charge is 2.27. The van der Waals surface area contributed by atoms with Crippen molar-refractivity contribution in [3.63, 3.8) is 0 Å². The highest BCUT2D eigenvalue weighted by Crippen LogP contribution is 2.43. The fraction of sp³-hybridized carbons (Fsp3) is 1.00. The third-order valence-corrected chi connectivity index (χ3v) is 4.83. The van der Waals surface area contributed by atoms with Crippen molar-refractivity contribution in [2.24, 2.45) is 5.92 Å². The van der Waals surface area contributed by atoms with E-state index >= 15 is 0 Å². The topological polar surface area (TPSA) is 120 Å². The molecule has 0 heterocycles. The molecule has 0 aromatic rings. The molecule has 0 spiro atoms. The molecule has 9 heteroatoms. The first-order valence-electron chi connectivity index (χ1n) is 5.98. The van der Waals surface area contributed by atoms with Crippen LogP contribution in [0.25, 0.3) is 0 Å². The predicted octanol–water partition coefficient (Wildman–Crippen LogP) is 0.344. The fourth-order valence-electron chi connectivity index (χ4n) is 1.44. The molecular formula is C10H24O7P2. The van der Waals surface area contributed by atoms with Crippen molar-refractivity contribution in [1.82, 2.24) is 0 Å². The Morgan fingerprint density at radius 3 is 2.00 bits per heavy atom. The fourth-order valence-corrected chi connectivity index (χ4v) is 2.91. The molecule has 4 atom stereocenters. The van der Waals surface area contributed by atoms with Crippen LogP contribution in [0.5, 0.6) is 0 Å². The SMILES string of the molecule is CC(C)C(OCCOP(O)CP(O)O)C(O)[C@H](C)O. The number of rotatable bonds is 10. The van der Waals surface area contributed by atoms with Gasteiger partial charge in [-0.2, -0.15) is 0 Å². The Morgan fingerprint density at radius 1 is 1.00 bits per heavy atom. The van der Waals surface area contributed by atoms with Crippen LogP contribution in [-0.2, 0) is 9.26 Å². The largest absolute Gasteiger partial charge is 0.391 e. The average Bonchev–Trinajstić information content (AvgIpc) is 2.26. The van der Waals surface area contributed by atoms with Crippen LogP contribution >= 0.6 is 16.8 Å². The van der Waals surface area contributed by atoms with Crippen LogP contribution in [0, 0.1) is 5.92 Å². The normalized spacial score (nSPS) is 18.6. The standard InChI is InChI=1S/C10H24O7P2/c1-7(2)10(9(12)8(3)11)16-4-5-17-19(15)6-18(13)14/h7-15H,4-6H2,1-3H3/t8-,9?,10?,19?/m0/s1. The summed E-state index contributed by atoms with van der Waals surface area (Å²) in [5.74, 6) is -0.155. The lowest BCUT2D eigenvalue weighted by Gasteiger charge is -2.28. The molecule has 0 bridgehead atoms. The van der Waals surface area contributed by atoms with Gasteiger partial charge in [0.05, 0.1) is 31.3 Å². The van der Waals surface area contributed by atoms with Gasteiger partial charge in [-0.1, -0.05) is 13.8 Å². The molecule has 19 heavy (non-hydrogen) atoms. The first-order valence-corrected chi connectivity index (χ1v) is 8.81. The monoisotopic (exact) mass is 318 g/mol. The van der Waals surface area contributed by atoms with E-state index < -0.39 is 35.1 Å². The van der Waals surface area contributed by atoms with Gasteiger partial charge in [0.25, 0.3) is 0 Å². The van der Waals surface area contributed by atoms with Gasteiger partial charge in [-0.25, -0.2) is 0 Å². The maximum atomic E-state index is 9.76. The minimum absolute atomic E-state index is 0.0166. The average molecular weight is 318 g/mol. The molecule has 0 aliphatic carbocycles. The number of ether oxygens (including phenoxy) is 1. The maximum absolute atomic E-state index is 9.76. The lowest BCUT2D eigenvalue weighted by atomic mass is 9.98. The van der Waals surface area contributed by atoms with E-state index in [0.717, 1.165) is 0 Å². The molecule has 0 rings (SSSR count).